The zero-order valence-corrected chi connectivity index (χ0v) is 25.6. The van der Waals surface area contributed by atoms with E-state index < -0.39 is 15.6 Å². The van der Waals surface area contributed by atoms with Crippen molar-refractivity contribution >= 4 is 21.0 Å². The molecule has 0 radical (unpaired) electrons. The molecule has 2 aliphatic heterocycles. The first-order valence-corrected chi connectivity index (χ1v) is 16.5. The van der Waals surface area contributed by atoms with E-state index in [2.05, 4.69) is 104 Å². The summed E-state index contributed by atoms with van der Waals surface area (Å²) in [7, 11) is -4.04. The summed E-state index contributed by atoms with van der Waals surface area (Å²) < 4.78 is 58.9. The van der Waals surface area contributed by atoms with Crippen LogP contribution >= 0.6 is 0 Å². The number of halogens is 3. The van der Waals surface area contributed by atoms with Gasteiger partial charge in [0.15, 0.2) is 19.9 Å². The van der Waals surface area contributed by atoms with Gasteiger partial charge in [-0.05, 0) is 82.1 Å². The van der Waals surface area contributed by atoms with Gasteiger partial charge in [0.25, 0.3) is 5.03 Å². The molecular formula is C32H32F3N3O3S2. The molecule has 2 aromatic carbocycles. The second-order valence-electron chi connectivity index (χ2n) is 11.0. The summed E-state index contributed by atoms with van der Waals surface area (Å²) in [5.41, 5.74) is 0.586. The maximum absolute atomic E-state index is 10.7. The highest BCUT2D eigenvalue weighted by atomic mass is 32.2. The lowest BCUT2D eigenvalue weighted by Gasteiger charge is -2.22. The Labute approximate surface area is 253 Å². The molecule has 0 spiro atoms. The molecule has 0 N–H and O–H groups in total. The fraction of sp³-hybridized carbons (Fsp3) is 0.312. The largest absolute Gasteiger partial charge is 0.741 e. The smallest absolute Gasteiger partial charge is 0.485 e. The Bertz CT molecular complexity index is 1620. The van der Waals surface area contributed by atoms with Crippen LogP contribution < -0.4 is 0 Å². The van der Waals surface area contributed by atoms with Crippen molar-refractivity contribution in [3.05, 3.63) is 102 Å². The van der Waals surface area contributed by atoms with Gasteiger partial charge in [0.05, 0.1) is 0 Å². The minimum absolute atomic E-state index is 0.240. The number of aromatic nitrogens is 2. The number of likely N-dealkylation sites (N-methyl/N-ethyl adjacent to an activating group) is 1. The molecule has 2 bridgehead atoms. The van der Waals surface area contributed by atoms with Crippen LogP contribution in [0.3, 0.4) is 0 Å². The van der Waals surface area contributed by atoms with Crippen LogP contribution in [0.5, 0.6) is 0 Å². The Balaban J connectivity index is 0.000000407. The number of rotatable bonds is 5. The quantitative estimate of drug-likeness (QED) is 0.137. The van der Waals surface area contributed by atoms with Crippen LogP contribution in [-0.2, 0) is 21.0 Å². The van der Waals surface area contributed by atoms with Gasteiger partial charge in [0, 0.05) is 53.8 Å². The third-order valence-electron chi connectivity index (χ3n) is 8.15. The van der Waals surface area contributed by atoms with E-state index in [9.17, 15) is 13.2 Å². The molecule has 6 nitrogen and oxygen atoms in total. The molecule has 2 aromatic heterocycles. The average molecular weight is 628 g/mol. The first-order chi connectivity index (χ1) is 20.3. The molecule has 3 atom stereocenters. The number of nitrogens with zero attached hydrogens (tertiary/aromatic N) is 3. The lowest BCUT2D eigenvalue weighted by atomic mass is 9.84. The third-order valence-corrected chi connectivity index (χ3v) is 10.9. The van der Waals surface area contributed by atoms with E-state index in [1.54, 1.807) is 0 Å². The summed E-state index contributed by atoms with van der Waals surface area (Å²) in [5.74, 6) is 0.604. The molecule has 4 aromatic rings. The van der Waals surface area contributed by atoms with Crippen LogP contribution in [0.1, 0.15) is 41.9 Å². The predicted octanol–water partition coefficient (Wildman–Crippen LogP) is 6.86. The minimum atomic E-state index is -6.09. The number of aryl methyl sites for hydroxylation is 2. The fourth-order valence-corrected chi connectivity index (χ4v) is 7.77. The van der Waals surface area contributed by atoms with E-state index in [4.69, 9.17) is 18.0 Å². The molecule has 2 saturated heterocycles. The monoisotopic (exact) mass is 627 g/mol. The van der Waals surface area contributed by atoms with Gasteiger partial charge in [-0.1, -0.05) is 35.4 Å². The molecular weight excluding hydrogens is 595 g/mol. The van der Waals surface area contributed by atoms with Gasteiger partial charge in [0.1, 0.15) is 10.9 Å². The van der Waals surface area contributed by atoms with E-state index in [1.807, 2.05) is 12.4 Å². The lowest BCUT2D eigenvalue weighted by molar-refractivity contribution is -0.0517. The Hall–Kier alpha value is -3.25. The van der Waals surface area contributed by atoms with Gasteiger partial charge in [-0.15, -0.1) is 0 Å². The molecule has 11 heteroatoms. The van der Waals surface area contributed by atoms with Crippen LogP contribution in [0.15, 0.2) is 100 Å². The standard InChI is InChI=1S/C31H32N3S.CHF3O3S/c1-21-4-10-27(11-5-21)35(28-12-6-22(2)7-13-28)31-15-8-23(20-33-31)24-16-25(19-32-18-24)29-17-26-9-14-30(29)34(26)3;2-1(3,4)8(5,6)7/h4-8,10-13,15-16,18-20,26,29-30H,9,14,17H2,1-3H3;(H,5,6,7)/q+1;/p-1/t26-,29+,30+;/m0./s1. The Morgan fingerprint density at radius 1 is 0.860 bits per heavy atom. The second kappa shape index (κ2) is 12.4. The van der Waals surface area contributed by atoms with Gasteiger partial charge >= 0.3 is 5.51 Å². The van der Waals surface area contributed by atoms with Crippen molar-refractivity contribution in [2.45, 2.75) is 71.4 Å². The van der Waals surface area contributed by atoms with Gasteiger partial charge in [-0.3, -0.25) is 9.88 Å². The summed E-state index contributed by atoms with van der Waals surface area (Å²) in [4.78, 5) is 14.8. The van der Waals surface area contributed by atoms with Crippen molar-refractivity contribution in [1.29, 1.82) is 0 Å². The zero-order valence-electron chi connectivity index (χ0n) is 24.0. The highest BCUT2D eigenvalue weighted by Gasteiger charge is 2.44. The summed E-state index contributed by atoms with van der Waals surface area (Å²) in [6, 6.07) is 26.0. The van der Waals surface area contributed by atoms with Crippen molar-refractivity contribution in [1.82, 2.24) is 14.9 Å². The molecule has 2 fully saturated rings. The maximum Gasteiger partial charge on any atom is 0.485 e. The Morgan fingerprint density at radius 2 is 1.44 bits per heavy atom. The molecule has 0 saturated carbocycles. The number of fused-ring (bicyclic) bond motifs is 2. The maximum atomic E-state index is 10.7. The molecule has 6 rings (SSSR count). The molecule has 0 aliphatic carbocycles. The highest BCUT2D eigenvalue weighted by molar-refractivity contribution is 7.97. The SMILES string of the molecule is Cc1ccc([S+](c2ccc(C)cc2)c2ccc(-c3cncc([C@H]4C[C@@H]5CC[C@H]4N5C)c3)cn2)cc1.O=S(=O)([O-])C(F)(F)F. The fourth-order valence-electron chi connectivity index (χ4n) is 5.84. The van der Waals surface area contributed by atoms with Crippen molar-refractivity contribution in [2.75, 3.05) is 7.05 Å². The van der Waals surface area contributed by atoms with E-state index in [-0.39, 0.29) is 10.9 Å². The van der Waals surface area contributed by atoms with Crippen LogP contribution in [0.4, 0.5) is 13.2 Å². The Morgan fingerprint density at radius 3 is 1.88 bits per heavy atom. The van der Waals surface area contributed by atoms with Crippen molar-refractivity contribution in [3.63, 3.8) is 0 Å². The summed E-state index contributed by atoms with van der Waals surface area (Å²) in [6.07, 6.45) is 10.0. The predicted molar refractivity (Wildman–Crippen MR) is 160 cm³/mol. The Kier molecular flexibility index (Phi) is 8.99. The van der Waals surface area contributed by atoms with Crippen molar-refractivity contribution in [2.24, 2.45) is 0 Å². The van der Waals surface area contributed by atoms with E-state index in [0.717, 1.165) is 22.2 Å². The van der Waals surface area contributed by atoms with Crippen LogP contribution in [0, 0.1) is 13.8 Å². The van der Waals surface area contributed by atoms with Crippen LogP contribution in [0.25, 0.3) is 11.1 Å². The molecule has 0 unspecified atom stereocenters. The summed E-state index contributed by atoms with van der Waals surface area (Å²) in [5, 5.41) is 1.10. The van der Waals surface area contributed by atoms with Crippen molar-refractivity contribution < 1.29 is 26.1 Å². The first kappa shape index (κ1) is 31.2. The molecule has 0 amide bonds. The van der Waals surface area contributed by atoms with E-state index in [0.29, 0.717) is 12.0 Å². The van der Waals surface area contributed by atoms with Crippen molar-refractivity contribution in [3.8, 4) is 11.1 Å². The van der Waals surface area contributed by atoms with Gasteiger partial charge in [-0.25, -0.2) is 13.4 Å². The third kappa shape index (κ3) is 6.95. The normalized spacial score (nSPS) is 20.2. The minimum Gasteiger partial charge on any atom is -0.741 e. The second-order valence-corrected chi connectivity index (χ2v) is 14.4. The van der Waals surface area contributed by atoms with E-state index in [1.165, 1.54) is 45.7 Å². The number of hydrogen-bond acceptors (Lipinski definition) is 6. The number of benzene rings is 2. The van der Waals surface area contributed by atoms with Gasteiger partial charge < -0.3 is 4.55 Å². The average Bonchev–Trinajstić information content (AvgIpc) is 3.49. The van der Waals surface area contributed by atoms with Gasteiger partial charge in [-0.2, -0.15) is 13.2 Å². The topological polar surface area (TPSA) is 86.2 Å². The lowest BCUT2D eigenvalue weighted by Crippen LogP contribution is -2.25. The first-order valence-electron chi connectivity index (χ1n) is 13.8. The zero-order chi connectivity index (χ0) is 30.9. The van der Waals surface area contributed by atoms with Crippen LogP contribution in [-0.4, -0.2) is 52.5 Å². The molecule has 4 heterocycles. The molecule has 2 aliphatic rings. The summed E-state index contributed by atoms with van der Waals surface area (Å²) in [6.45, 7) is 4.27. The summed E-state index contributed by atoms with van der Waals surface area (Å²) >= 11 is 0. The van der Waals surface area contributed by atoms with E-state index >= 15 is 0 Å². The molecule has 43 heavy (non-hydrogen) atoms. The molecule has 226 valence electrons. The number of alkyl halides is 3. The number of pyridine rings is 2. The number of hydrogen-bond donors (Lipinski definition) is 0. The van der Waals surface area contributed by atoms with Crippen LogP contribution in [0.2, 0.25) is 0 Å². The highest BCUT2D eigenvalue weighted by Crippen LogP contribution is 2.46. The van der Waals surface area contributed by atoms with Gasteiger partial charge in [0.2, 0.25) is 0 Å².